The average molecular weight is 315 g/mol. The molecule has 1 aliphatic carbocycles. The molecule has 0 unspecified atom stereocenters. The van der Waals surface area contributed by atoms with Gasteiger partial charge in [-0.25, -0.2) is 4.98 Å². The second-order valence-corrected chi connectivity index (χ2v) is 6.63. The third-order valence-corrected chi connectivity index (χ3v) is 4.94. The molecular weight excluding hydrogens is 298 g/mol. The van der Waals surface area contributed by atoms with Gasteiger partial charge in [0.05, 0.1) is 18.5 Å². The third kappa shape index (κ3) is 2.60. The van der Waals surface area contributed by atoms with Gasteiger partial charge in [0.25, 0.3) is 5.56 Å². The molecule has 0 aliphatic heterocycles. The Morgan fingerprint density at radius 3 is 3.05 bits per heavy atom. The van der Waals surface area contributed by atoms with Crippen LogP contribution in [0.25, 0.3) is 4.96 Å². The molecule has 3 heterocycles. The number of aromatic nitrogens is 2. The Bertz CT molecular complexity index is 846. The normalized spacial score (nSPS) is 15.0. The molecule has 0 saturated heterocycles. The molecular formula is C16H17N3O2S. The molecule has 114 valence electrons. The minimum absolute atomic E-state index is 0.00694. The molecule has 0 amide bonds. The molecule has 0 radical (unpaired) electrons. The van der Waals surface area contributed by atoms with Crippen LogP contribution < -0.4 is 5.56 Å². The summed E-state index contributed by atoms with van der Waals surface area (Å²) in [5.41, 5.74) is 1.79. The minimum Gasteiger partial charge on any atom is -0.468 e. The first kappa shape index (κ1) is 13.7. The summed E-state index contributed by atoms with van der Waals surface area (Å²) in [4.78, 5) is 20.0. The standard InChI is InChI=1S/C16H17N3O2S/c1-11-10-22-16-17-12(7-15(20)19(11)16)8-18(13-4-5-13)9-14-3-2-6-21-14/h2-3,6-7,10,13H,4-5,8-9H2,1H3. The smallest absolute Gasteiger partial charge is 0.259 e. The molecule has 6 heteroatoms. The van der Waals surface area contributed by atoms with Crippen LogP contribution in [0, 0.1) is 6.92 Å². The molecule has 0 aromatic carbocycles. The molecule has 0 atom stereocenters. The molecule has 5 nitrogen and oxygen atoms in total. The summed E-state index contributed by atoms with van der Waals surface area (Å²) >= 11 is 1.51. The van der Waals surface area contributed by atoms with E-state index < -0.39 is 0 Å². The van der Waals surface area contributed by atoms with Crippen LogP contribution in [0.2, 0.25) is 0 Å². The molecule has 0 spiro atoms. The topological polar surface area (TPSA) is 50.8 Å². The van der Waals surface area contributed by atoms with Gasteiger partial charge in [0.1, 0.15) is 5.76 Å². The molecule has 22 heavy (non-hydrogen) atoms. The number of hydrogen-bond donors (Lipinski definition) is 0. The van der Waals surface area contributed by atoms with E-state index >= 15 is 0 Å². The van der Waals surface area contributed by atoms with Crippen molar-refractivity contribution in [2.45, 2.75) is 38.9 Å². The predicted octanol–water partition coefficient (Wildman–Crippen LogP) is 2.82. The lowest BCUT2D eigenvalue weighted by Crippen LogP contribution is -2.26. The van der Waals surface area contributed by atoms with Gasteiger partial charge in [0.15, 0.2) is 4.96 Å². The highest BCUT2D eigenvalue weighted by Crippen LogP contribution is 2.29. The van der Waals surface area contributed by atoms with Gasteiger partial charge in [-0.2, -0.15) is 0 Å². The largest absolute Gasteiger partial charge is 0.468 e. The van der Waals surface area contributed by atoms with Gasteiger partial charge in [-0.15, -0.1) is 11.3 Å². The van der Waals surface area contributed by atoms with Crippen LogP contribution in [0.5, 0.6) is 0 Å². The van der Waals surface area contributed by atoms with E-state index in [0.29, 0.717) is 12.6 Å². The van der Waals surface area contributed by atoms with E-state index in [9.17, 15) is 4.79 Å². The van der Waals surface area contributed by atoms with Gasteiger partial charge in [-0.05, 0) is 31.9 Å². The molecule has 0 N–H and O–H groups in total. The Morgan fingerprint density at radius 2 is 2.32 bits per heavy atom. The summed E-state index contributed by atoms with van der Waals surface area (Å²) in [6, 6.07) is 6.13. The highest BCUT2D eigenvalue weighted by Gasteiger charge is 2.30. The van der Waals surface area contributed by atoms with Crippen molar-refractivity contribution in [3.8, 4) is 0 Å². The number of rotatable bonds is 5. The van der Waals surface area contributed by atoms with Crippen LogP contribution in [-0.2, 0) is 13.1 Å². The number of aryl methyl sites for hydroxylation is 1. The summed E-state index contributed by atoms with van der Waals surface area (Å²) in [5.74, 6) is 0.955. The Kier molecular flexibility index (Phi) is 3.35. The summed E-state index contributed by atoms with van der Waals surface area (Å²) in [6.45, 7) is 3.38. The number of nitrogens with zero attached hydrogens (tertiary/aromatic N) is 3. The van der Waals surface area contributed by atoms with Gasteiger partial charge in [-0.1, -0.05) is 0 Å². The van der Waals surface area contributed by atoms with Crippen LogP contribution >= 0.6 is 11.3 Å². The van der Waals surface area contributed by atoms with Crippen molar-refractivity contribution < 1.29 is 4.42 Å². The summed E-state index contributed by atoms with van der Waals surface area (Å²) in [5, 5.41) is 1.97. The van der Waals surface area contributed by atoms with Crippen molar-refractivity contribution in [1.82, 2.24) is 14.3 Å². The highest BCUT2D eigenvalue weighted by molar-refractivity contribution is 7.15. The van der Waals surface area contributed by atoms with Crippen LogP contribution in [0.15, 0.2) is 39.1 Å². The molecule has 3 aromatic heterocycles. The maximum absolute atomic E-state index is 12.3. The number of thiazole rings is 1. The second-order valence-electron chi connectivity index (χ2n) is 5.80. The SMILES string of the molecule is Cc1csc2nc(CN(Cc3ccco3)C3CC3)cc(=O)n12. The monoisotopic (exact) mass is 315 g/mol. The predicted molar refractivity (Wildman–Crippen MR) is 85.1 cm³/mol. The Morgan fingerprint density at radius 1 is 1.45 bits per heavy atom. The average Bonchev–Trinajstić information content (AvgIpc) is 3.09. The van der Waals surface area contributed by atoms with Gasteiger partial charge < -0.3 is 4.42 Å². The van der Waals surface area contributed by atoms with Gasteiger partial charge in [-0.3, -0.25) is 14.1 Å². The summed E-state index contributed by atoms with van der Waals surface area (Å²) in [6.07, 6.45) is 4.12. The lowest BCUT2D eigenvalue weighted by atomic mass is 10.3. The fourth-order valence-electron chi connectivity index (χ4n) is 2.75. The summed E-state index contributed by atoms with van der Waals surface area (Å²) < 4.78 is 7.12. The van der Waals surface area contributed by atoms with Crippen molar-refractivity contribution in [3.05, 3.63) is 57.3 Å². The Balaban J connectivity index is 1.62. The maximum Gasteiger partial charge on any atom is 0.259 e. The first-order valence-electron chi connectivity index (χ1n) is 7.44. The lowest BCUT2D eigenvalue weighted by Gasteiger charge is -2.20. The fraction of sp³-hybridized carbons (Fsp3) is 0.375. The molecule has 1 fully saturated rings. The van der Waals surface area contributed by atoms with Crippen molar-refractivity contribution in [2.75, 3.05) is 0 Å². The second kappa shape index (κ2) is 5.37. The highest BCUT2D eigenvalue weighted by atomic mass is 32.1. The number of furan rings is 1. The van der Waals surface area contributed by atoms with Crippen LogP contribution in [0.3, 0.4) is 0 Å². The first-order valence-corrected chi connectivity index (χ1v) is 8.32. The van der Waals surface area contributed by atoms with Crippen LogP contribution in [-0.4, -0.2) is 20.3 Å². The van der Waals surface area contributed by atoms with Crippen molar-refractivity contribution in [2.24, 2.45) is 0 Å². The van der Waals surface area contributed by atoms with E-state index in [-0.39, 0.29) is 5.56 Å². The Labute approximate surface area is 131 Å². The number of fused-ring (bicyclic) bond motifs is 1. The van der Waals surface area contributed by atoms with E-state index in [4.69, 9.17) is 4.42 Å². The summed E-state index contributed by atoms with van der Waals surface area (Å²) in [7, 11) is 0. The zero-order valence-electron chi connectivity index (χ0n) is 12.4. The zero-order valence-corrected chi connectivity index (χ0v) is 13.2. The molecule has 0 bridgehead atoms. The van der Waals surface area contributed by atoms with Crippen LogP contribution in [0.4, 0.5) is 0 Å². The van der Waals surface area contributed by atoms with Crippen molar-refractivity contribution >= 4 is 16.3 Å². The zero-order chi connectivity index (χ0) is 15.1. The van der Waals surface area contributed by atoms with E-state index in [1.165, 1.54) is 24.2 Å². The van der Waals surface area contributed by atoms with Crippen molar-refractivity contribution in [3.63, 3.8) is 0 Å². The lowest BCUT2D eigenvalue weighted by molar-refractivity contribution is 0.222. The van der Waals surface area contributed by atoms with Crippen LogP contribution in [0.1, 0.15) is 30.0 Å². The number of hydrogen-bond acceptors (Lipinski definition) is 5. The van der Waals surface area contributed by atoms with E-state index in [0.717, 1.165) is 28.7 Å². The fourth-order valence-corrected chi connectivity index (χ4v) is 3.64. The quantitative estimate of drug-likeness (QED) is 0.726. The molecule has 1 aliphatic rings. The Hall–Kier alpha value is -1.92. The minimum atomic E-state index is 0.00694. The van der Waals surface area contributed by atoms with Crippen molar-refractivity contribution in [1.29, 1.82) is 0 Å². The van der Waals surface area contributed by atoms with Gasteiger partial charge in [0.2, 0.25) is 0 Å². The van der Waals surface area contributed by atoms with Gasteiger partial charge >= 0.3 is 0 Å². The molecule has 4 rings (SSSR count). The van der Waals surface area contributed by atoms with E-state index in [1.807, 2.05) is 24.4 Å². The first-order chi connectivity index (χ1) is 10.7. The third-order valence-electron chi connectivity index (χ3n) is 4.00. The molecule has 3 aromatic rings. The van der Waals surface area contributed by atoms with E-state index in [1.54, 1.807) is 16.7 Å². The van der Waals surface area contributed by atoms with Gasteiger partial charge in [0, 0.05) is 29.7 Å². The maximum atomic E-state index is 12.3. The molecule has 1 saturated carbocycles. The van der Waals surface area contributed by atoms with E-state index in [2.05, 4.69) is 9.88 Å².